The summed E-state index contributed by atoms with van der Waals surface area (Å²) in [6.45, 7) is 6.36. The molecule has 0 aliphatic carbocycles. The van der Waals surface area contributed by atoms with Crippen molar-refractivity contribution in [3.05, 3.63) is 28.8 Å². The number of hydrogen-bond acceptors (Lipinski definition) is 2. The third kappa shape index (κ3) is 3.24. The number of nitrogens with two attached hydrogens (primary N) is 1. The lowest BCUT2D eigenvalue weighted by Crippen LogP contribution is -2.19. The summed E-state index contributed by atoms with van der Waals surface area (Å²) in [5, 5.41) is 0. The highest BCUT2D eigenvalue weighted by Gasteiger charge is 2.09. The maximum atomic E-state index is 5.95. The van der Waals surface area contributed by atoms with Crippen molar-refractivity contribution in [3.8, 4) is 5.75 Å². The zero-order valence-corrected chi connectivity index (χ0v) is 10.8. The molecule has 1 unspecified atom stereocenters. The molecule has 1 rings (SSSR count). The van der Waals surface area contributed by atoms with Crippen molar-refractivity contribution in [1.29, 1.82) is 0 Å². The fraction of sp³-hybridized carbons (Fsp3) is 0.571. The van der Waals surface area contributed by atoms with Gasteiger partial charge in [-0.25, -0.2) is 0 Å². The second-order valence-electron chi connectivity index (χ2n) is 4.47. The van der Waals surface area contributed by atoms with Gasteiger partial charge < -0.3 is 10.5 Å². The first kappa shape index (κ1) is 13.0. The normalized spacial score (nSPS) is 12.6. The molecule has 1 aromatic carbocycles. The Hall–Kier alpha value is -1.02. The Balaban J connectivity index is 2.85. The molecule has 2 nitrogen and oxygen atoms in total. The minimum absolute atomic E-state index is 0.297. The molecule has 0 aromatic heterocycles. The van der Waals surface area contributed by atoms with Crippen LogP contribution in [0.3, 0.4) is 0 Å². The summed E-state index contributed by atoms with van der Waals surface area (Å²) in [5.74, 6) is 1.00. The van der Waals surface area contributed by atoms with Crippen molar-refractivity contribution in [2.45, 2.75) is 46.1 Å². The molecule has 0 bridgehead atoms. The van der Waals surface area contributed by atoms with Gasteiger partial charge in [-0.1, -0.05) is 13.0 Å². The SMILES string of the molecule is CCC(N)CCc1c(C)cc(C)cc1OC. The van der Waals surface area contributed by atoms with E-state index in [0.717, 1.165) is 25.0 Å². The van der Waals surface area contributed by atoms with Gasteiger partial charge in [0, 0.05) is 6.04 Å². The van der Waals surface area contributed by atoms with Crippen LogP contribution in [0.25, 0.3) is 0 Å². The van der Waals surface area contributed by atoms with Crippen LogP contribution in [0.15, 0.2) is 12.1 Å². The Morgan fingerprint density at radius 2 is 2.00 bits per heavy atom. The minimum Gasteiger partial charge on any atom is -0.496 e. The van der Waals surface area contributed by atoms with E-state index in [-0.39, 0.29) is 0 Å². The van der Waals surface area contributed by atoms with Crippen LogP contribution in [0, 0.1) is 13.8 Å². The highest BCUT2D eigenvalue weighted by Crippen LogP contribution is 2.25. The van der Waals surface area contributed by atoms with Crippen LogP contribution in [0.1, 0.15) is 36.5 Å². The Labute approximate surface area is 98.8 Å². The summed E-state index contributed by atoms with van der Waals surface area (Å²) in [7, 11) is 1.73. The smallest absolute Gasteiger partial charge is 0.122 e. The lowest BCUT2D eigenvalue weighted by atomic mass is 9.97. The van der Waals surface area contributed by atoms with Gasteiger partial charge in [-0.3, -0.25) is 0 Å². The molecule has 16 heavy (non-hydrogen) atoms. The topological polar surface area (TPSA) is 35.2 Å². The largest absolute Gasteiger partial charge is 0.496 e. The van der Waals surface area contributed by atoms with Gasteiger partial charge in [-0.15, -0.1) is 0 Å². The molecule has 0 fully saturated rings. The van der Waals surface area contributed by atoms with Crippen molar-refractivity contribution in [3.63, 3.8) is 0 Å². The number of aryl methyl sites for hydroxylation is 2. The van der Waals surface area contributed by atoms with E-state index >= 15 is 0 Å². The molecule has 0 aliphatic rings. The average Bonchev–Trinajstić information content (AvgIpc) is 2.26. The summed E-state index contributed by atoms with van der Waals surface area (Å²) >= 11 is 0. The van der Waals surface area contributed by atoms with Gasteiger partial charge >= 0.3 is 0 Å². The number of ether oxygens (including phenoxy) is 1. The molecule has 90 valence electrons. The Bertz CT molecular complexity index is 347. The van der Waals surface area contributed by atoms with E-state index in [2.05, 4.69) is 32.9 Å². The molecule has 1 atom stereocenters. The zero-order chi connectivity index (χ0) is 12.1. The van der Waals surface area contributed by atoms with Gasteiger partial charge in [0.1, 0.15) is 5.75 Å². The average molecular weight is 221 g/mol. The Kier molecular flexibility index (Phi) is 4.81. The van der Waals surface area contributed by atoms with Crippen molar-refractivity contribution in [1.82, 2.24) is 0 Å². The molecule has 0 spiro atoms. The highest BCUT2D eigenvalue weighted by molar-refractivity contribution is 5.43. The monoisotopic (exact) mass is 221 g/mol. The van der Waals surface area contributed by atoms with Crippen molar-refractivity contribution < 1.29 is 4.74 Å². The van der Waals surface area contributed by atoms with Crippen LogP contribution in [-0.4, -0.2) is 13.2 Å². The summed E-state index contributed by atoms with van der Waals surface area (Å²) < 4.78 is 5.43. The van der Waals surface area contributed by atoms with Gasteiger partial charge in [-0.05, 0) is 55.9 Å². The minimum atomic E-state index is 0.297. The lowest BCUT2D eigenvalue weighted by molar-refractivity contribution is 0.407. The first-order chi connectivity index (χ1) is 7.58. The van der Waals surface area contributed by atoms with Crippen LogP contribution in [0.2, 0.25) is 0 Å². The fourth-order valence-corrected chi connectivity index (χ4v) is 1.99. The van der Waals surface area contributed by atoms with Crippen molar-refractivity contribution >= 4 is 0 Å². The second kappa shape index (κ2) is 5.90. The molecule has 2 heteroatoms. The summed E-state index contributed by atoms with van der Waals surface area (Å²) in [6, 6.07) is 4.60. The molecule has 0 amide bonds. The number of benzene rings is 1. The molecule has 1 aromatic rings. The maximum Gasteiger partial charge on any atom is 0.122 e. The van der Waals surface area contributed by atoms with Gasteiger partial charge in [-0.2, -0.15) is 0 Å². The number of hydrogen-bond donors (Lipinski definition) is 1. The molecular weight excluding hydrogens is 198 g/mol. The molecule has 0 saturated heterocycles. The molecule has 0 heterocycles. The van der Waals surface area contributed by atoms with Crippen LogP contribution >= 0.6 is 0 Å². The van der Waals surface area contributed by atoms with E-state index in [1.165, 1.54) is 16.7 Å². The van der Waals surface area contributed by atoms with Crippen LogP contribution < -0.4 is 10.5 Å². The highest BCUT2D eigenvalue weighted by atomic mass is 16.5. The second-order valence-corrected chi connectivity index (χ2v) is 4.47. The van der Waals surface area contributed by atoms with Crippen molar-refractivity contribution in [2.75, 3.05) is 7.11 Å². The number of rotatable bonds is 5. The summed E-state index contributed by atoms with van der Waals surface area (Å²) in [6.07, 6.45) is 3.06. The van der Waals surface area contributed by atoms with Crippen LogP contribution in [0.5, 0.6) is 5.75 Å². The lowest BCUT2D eigenvalue weighted by Gasteiger charge is -2.15. The van der Waals surface area contributed by atoms with E-state index in [0.29, 0.717) is 6.04 Å². The van der Waals surface area contributed by atoms with E-state index in [4.69, 9.17) is 10.5 Å². The van der Waals surface area contributed by atoms with Crippen LogP contribution in [0.4, 0.5) is 0 Å². The van der Waals surface area contributed by atoms with E-state index in [1.807, 2.05) is 0 Å². The summed E-state index contributed by atoms with van der Waals surface area (Å²) in [5.41, 5.74) is 9.81. The standard InChI is InChI=1S/C14H23NO/c1-5-12(15)6-7-13-11(3)8-10(2)9-14(13)16-4/h8-9,12H,5-7,15H2,1-4H3. The quantitative estimate of drug-likeness (QED) is 0.829. The number of methoxy groups -OCH3 is 1. The van der Waals surface area contributed by atoms with E-state index in [1.54, 1.807) is 7.11 Å². The van der Waals surface area contributed by atoms with Crippen molar-refractivity contribution in [2.24, 2.45) is 5.73 Å². The van der Waals surface area contributed by atoms with E-state index in [9.17, 15) is 0 Å². The predicted octanol–water partition coefficient (Wildman–Crippen LogP) is 2.98. The molecule has 0 aliphatic heterocycles. The van der Waals surface area contributed by atoms with Gasteiger partial charge in [0.15, 0.2) is 0 Å². The molecule has 2 N–H and O–H groups in total. The Morgan fingerprint density at radius 3 is 2.56 bits per heavy atom. The van der Waals surface area contributed by atoms with Crippen LogP contribution in [-0.2, 0) is 6.42 Å². The first-order valence-electron chi connectivity index (χ1n) is 5.98. The fourth-order valence-electron chi connectivity index (χ4n) is 1.99. The first-order valence-corrected chi connectivity index (χ1v) is 5.98. The zero-order valence-electron chi connectivity index (χ0n) is 10.8. The summed E-state index contributed by atoms with van der Waals surface area (Å²) in [4.78, 5) is 0. The molecule has 0 saturated carbocycles. The van der Waals surface area contributed by atoms with Gasteiger partial charge in [0.2, 0.25) is 0 Å². The molecule has 0 radical (unpaired) electrons. The third-order valence-electron chi connectivity index (χ3n) is 3.09. The van der Waals surface area contributed by atoms with E-state index < -0.39 is 0 Å². The third-order valence-corrected chi connectivity index (χ3v) is 3.09. The predicted molar refractivity (Wildman–Crippen MR) is 69.1 cm³/mol. The van der Waals surface area contributed by atoms with Gasteiger partial charge in [0.05, 0.1) is 7.11 Å². The maximum absolute atomic E-state index is 5.95. The Morgan fingerprint density at radius 1 is 1.31 bits per heavy atom. The molecular formula is C14H23NO. The van der Waals surface area contributed by atoms with Gasteiger partial charge in [0.25, 0.3) is 0 Å².